The zero-order valence-electron chi connectivity index (χ0n) is 8.49. The summed E-state index contributed by atoms with van der Waals surface area (Å²) >= 11 is 0. The molecule has 0 spiro atoms. The van der Waals surface area contributed by atoms with Crippen LogP contribution < -0.4 is 11.1 Å². The summed E-state index contributed by atoms with van der Waals surface area (Å²) in [4.78, 5) is 10.5. The Morgan fingerprint density at radius 2 is 1.61 bits per heavy atom. The molecule has 0 aromatic heterocycles. The van der Waals surface area contributed by atoms with Gasteiger partial charge in [0.2, 0.25) is 0 Å². The Hall–Kier alpha value is -1.93. The standard InChI is InChI=1S/C9H6F6N2O/c10-8(11,12)4-2-1-3-5(17-7(16)18)6(4)9(13,14)15/h1-3H,(H3,16,17,18). The summed E-state index contributed by atoms with van der Waals surface area (Å²) in [7, 11) is 0. The van der Waals surface area contributed by atoms with E-state index in [1.54, 1.807) is 0 Å². The lowest BCUT2D eigenvalue weighted by Crippen LogP contribution is -2.24. The maximum atomic E-state index is 12.6. The molecule has 100 valence electrons. The number of carbonyl (C=O) groups is 1. The Bertz CT molecular complexity index is 465. The molecule has 0 unspecified atom stereocenters. The van der Waals surface area contributed by atoms with Crippen molar-refractivity contribution in [1.29, 1.82) is 0 Å². The van der Waals surface area contributed by atoms with Gasteiger partial charge in [0.05, 0.1) is 16.8 Å². The summed E-state index contributed by atoms with van der Waals surface area (Å²) in [5.74, 6) is 0. The van der Waals surface area contributed by atoms with E-state index in [4.69, 9.17) is 0 Å². The summed E-state index contributed by atoms with van der Waals surface area (Å²) in [5, 5.41) is 1.51. The third-order valence-electron chi connectivity index (χ3n) is 1.91. The van der Waals surface area contributed by atoms with Gasteiger partial charge in [0, 0.05) is 0 Å². The van der Waals surface area contributed by atoms with Crippen LogP contribution in [0.2, 0.25) is 0 Å². The van der Waals surface area contributed by atoms with Gasteiger partial charge in [-0.05, 0) is 12.1 Å². The first-order chi connectivity index (χ1) is 8.03. The first-order valence-corrected chi connectivity index (χ1v) is 4.37. The van der Waals surface area contributed by atoms with E-state index in [0.717, 1.165) is 6.07 Å². The summed E-state index contributed by atoms with van der Waals surface area (Å²) < 4.78 is 75.1. The van der Waals surface area contributed by atoms with Crippen LogP contribution in [0.5, 0.6) is 0 Å². The van der Waals surface area contributed by atoms with Crippen LogP contribution in [-0.2, 0) is 12.4 Å². The lowest BCUT2D eigenvalue weighted by molar-refractivity contribution is -0.161. The molecule has 0 aliphatic rings. The number of urea groups is 1. The number of benzene rings is 1. The molecule has 0 bridgehead atoms. The highest BCUT2D eigenvalue weighted by Gasteiger charge is 2.44. The quantitative estimate of drug-likeness (QED) is 0.758. The van der Waals surface area contributed by atoms with Gasteiger partial charge in [0.25, 0.3) is 0 Å². The molecule has 1 rings (SSSR count). The van der Waals surface area contributed by atoms with Crippen LogP contribution in [-0.4, -0.2) is 6.03 Å². The van der Waals surface area contributed by atoms with Gasteiger partial charge < -0.3 is 11.1 Å². The average Bonchev–Trinajstić information content (AvgIpc) is 2.13. The highest BCUT2D eigenvalue weighted by Crippen LogP contribution is 2.43. The molecule has 1 aromatic rings. The van der Waals surface area contributed by atoms with Crippen LogP contribution in [0.4, 0.5) is 36.8 Å². The van der Waals surface area contributed by atoms with Crippen LogP contribution in [0.3, 0.4) is 0 Å². The molecular formula is C9H6F6N2O. The highest BCUT2D eigenvalue weighted by molar-refractivity contribution is 5.89. The fourth-order valence-corrected chi connectivity index (χ4v) is 1.33. The van der Waals surface area contributed by atoms with Gasteiger partial charge in [-0.3, -0.25) is 0 Å². The van der Waals surface area contributed by atoms with Gasteiger partial charge >= 0.3 is 18.4 Å². The van der Waals surface area contributed by atoms with Crippen molar-refractivity contribution in [3.8, 4) is 0 Å². The second-order valence-corrected chi connectivity index (χ2v) is 3.21. The number of rotatable bonds is 1. The van der Waals surface area contributed by atoms with Crippen molar-refractivity contribution in [3.63, 3.8) is 0 Å². The number of amides is 2. The van der Waals surface area contributed by atoms with E-state index in [9.17, 15) is 31.1 Å². The number of carbonyl (C=O) groups excluding carboxylic acids is 1. The van der Waals surface area contributed by atoms with Crippen LogP contribution in [0.25, 0.3) is 0 Å². The fraction of sp³-hybridized carbons (Fsp3) is 0.222. The lowest BCUT2D eigenvalue weighted by Gasteiger charge is -2.18. The van der Waals surface area contributed by atoms with Gasteiger partial charge in [-0.1, -0.05) is 6.07 Å². The second-order valence-electron chi connectivity index (χ2n) is 3.21. The number of primary amides is 1. The molecule has 3 N–H and O–H groups in total. The molecule has 0 atom stereocenters. The minimum atomic E-state index is -5.27. The van der Waals surface area contributed by atoms with E-state index in [1.165, 1.54) is 5.32 Å². The molecule has 0 aliphatic carbocycles. The largest absolute Gasteiger partial charge is 0.419 e. The highest BCUT2D eigenvalue weighted by atomic mass is 19.4. The average molecular weight is 272 g/mol. The van der Waals surface area contributed by atoms with Crippen molar-refractivity contribution in [1.82, 2.24) is 0 Å². The number of anilines is 1. The van der Waals surface area contributed by atoms with E-state index in [1.807, 2.05) is 0 Å². The third-order valence-corrected chi connectivity index (χ3v) is 1.91. The Balaban J connectivity index is 3.50. The van der Waals surface area contributed by atoms with E-state index < -0.39 is 35.2 Å². The van der Waals surface area contributed by atoms with Crippen molar-refractivity contribution in [2.75, 3.05) is 5.32 Å². The molecule has 0 radical (unpaired) electrons. The van der Waals surface area contributed by atoms with Gasteiger partial charge in [-0.25, -0.2) is 4.79 Å². The summed E-state index contributed by atoms with van der Waals surface area (Å²) in [6, 6.07) is 0.307. The number of hydrogen-bond acceptors (Lipinski definition) is 1. The van der Waals surface area contributed by atoms with Crippen molar-refractivity contribution < 1.29 is 31.1 Å². The summed E-state index contributed by atoms with van der Waals surface area (Å²) in [5.41, 5.74) is -0.303. The van der Waals surface area contributed by atoms with Crippen LogP contribution >= 0.6 is 0 Å². The molecule has 0 saturated carbocycles. The first kappa shape index (κ1) is 14.1. The van der Waals surface area contributed by atoms with Gasteiger partial charge in [0.15, 0.2) is 0 Å². The maximum Gasteiger partial charge on any atom is 0.419 e. The zero-order valence-corrected chi connectivity index (χ0v) is 8.49. The van der Waals surface area contributed by atoms with Gasteiger partial charge in [-0.2, -0.15) is 26.3 Å². The predicted molar refractivity (Wildman–Crippen MR) is 49.7 cm³/mol. The van der Waals surface area contributed by atoms with Crippen LogP contribution in [0.15, 0.2) is 18.2 Å². The lowest BCUT2D eigenvalue weighted by atomic mass is 10.0. The molecule has 0 heterocycles. The minimum absolute atomic E-state index is 0.273. The van der Waals surface area contributed by atoms with Crippen LogP contribution in [0.1, 0.15) is 11.1 Å². The maximum absolute atomic E-state index is 12.6. The SMILES string of the molecule is NC(=O)Nc1cccc(C(F)(F)F)c1C(F)(F)F. The molecule has 3 nitrogen and oxygen atoms in total. The molecule has 0 saturated heterocycles. The zero-order chi connectivity index (χ0) is 14.1. The molecule has 2 amide bonds. The monoisotopic (exact) mass is 272 g/mol. The van der Waals surface area contributed by atoms with Crippen molar-refractivity contribution in [3.05, 3.63) is 29.3 Å². The molecule has 1 aromatic carbocycles. The Morgan fingerprint density at radius 3 is 2.00 bits per heavy atom. The van der Waals surface area contributed by atoms with Crippen molar-refractivity contribution in [2.24, 2.45) is 5.73 Å². The molecule has 18 heavy (non-hydrogen) atoms. The Kier molecular flexibility index (Phi) is 3.45. The number of nitrogens with two attached hydrogens (primary N) is 1. The third kappa shape index (κ3) is 3.05. The fourth-order valence-electron chi connectivity index (χ4n) is 1.33. The minimum Gasteiger partial charge on any atom is -0.351 e. The smallest absolute Gasteiger partial charge is 0.351 e. The normalized spacial score (nSPS) is 12.3. The molecule has 9 heteroatoms. The van der Waals surface area contributed by atoms with Gasteiger partial charge in [0.1, 0.15) is 0 Å². The number of halogens is 6. The van der Waals surface area contributed by atoms with Crippen molar-refractivity contribution in [2.45, 2.75) is 12.4 Å². The molecule has 0 fully saturated rings. The van der Waals surface area contributed by atoms with Gasteiger partial charge in [-0.15, -0.1) is 0 Å². The van der Waals surface area contributed by atoms with E-state index in [-0.39, 0.29) is 6.07 Å². The molecule has 0 aliphatic heterocycles. The van der Waals surface area contributed by atoms with E-state index in [2.05, 4.69) is 5.73 Å². The molecular weight excluding hydrogens is 266 g/mol. The number of nitrogens with one attached hydrogen (secondary N) is 1. The Morgan fingerprint density at radius 1 is 1.06 bits per heavy atom. The van der Waals surface area contributed by atoms with Crippen LogP contribution in [0, 0.1) is 0 Å². The summed E-state index contributed by atoms with van der Waals surface area (Å²) in [6.45, 7) is 0. The van der Waals surface area contributed by atoms with E-state index in [0.29, 0.717) is 6.07 Å². The topological polar surface area (TPSA) is 55.1 Å². The first-order valence-electron chi connectivity index (χ1n) is 4.37. The van der Waals surface area contributed by atoms with E-state index >= 15 is 0 Å². The summed E-state index contributed by atoms with van der Waals surface area (Å²) in [6.07, 6.45) is -10.5. The van der Waals surface area contributed by atoms with Crippen molar-refractivity contribution >= 4 is 11.7 Å². The Labute approximate surface area is 96.6 Å². The number of hydrogen-bond donors (Lipinski definition) is 2. The number of alkyl halides is 6. The second kappa shape index (κ2) is 4.39. The predicted octanol–water partition coefficient (Wildman–Crippen LogP) is 3.21.